The summed E-state index contributed by atoms with van der Waals surface area (Å²) in [5.74, 6) is -0.595. The molecule has 1 fully saturated rings. The van der Waals surface area contributed by atoms with Gasteiger partial charge in [-0.1, -0.05) is 6.07 Å². The van der Waals surface area contributed by atoms with Crippen LogP contribution < -0.4 is 0 Å². The van der Waals surface area contributed by atoms with Crippen molar-refractivity contribution in [1.82, 2.24) is 4.57 Å². The van der Waals surface area contributed by atoms with Crippen molar-refractivity contribution < 1.29 is 19.1 Å². The first kappa shape index (κ1) is 19.9. The zero-order chi connectivity index (χ0) is 20.4. The van der Waals surface area contributed by atoms with Crippen LogP contribution in [-0.4, -0.2) is 35.6 Å². The zero-order valence-electron chi connectivity index (χ0n) is 17.3. The first-order chi connectivity index (χ1) is 14.0. The molecule has 4 rings (SSSR count). The molecular formula is C24H29NO4. The molecule has 2 aromatic rings. The minimum absolute atomic E-state index is 0.164. The molecule has 0 spiro atoms. The van der Waals surface area contributed by atoms with Gasteiger partial charge in [0.15, 0.2) is 6.61 Å². The van der Waals surface area contributed by atoms with Crippen LogP contribution in [0.5, 0.6) is 0 Å². The number of benzene rings is 1. The monoisotopic (exact) mass is 395 g/mol. The quantitative estimate of drug-likeness (QED) is 0.543. The lowest BCUT2D eigenvalue weighted by Crippen LogP contribution is -2.18. The molecule has 2 aliphatic rings. The first-order valence-corrected chi connectivity index (χ1v) is 10.6. The van der Waals surface area contributed by atoms with Gasteiger partial charge in [-0.25, -0.2) is 4.79 Å². The van der Waals surface area contributed by atoms with Gasteiger partial charge >= 0.3 is 5.97 Å². The maximum absolute atomic E-state index is 12.7. The van der Waals surface area contributed by atoms with E-state index in [0.29, 0.717) is 11.1 Å². The van der Waals surface area contributed by atoms with Gasteiger partial charge in [0, 0.05) is 30.1 Å². The maximum Gasteiger partial charge on any atom is 0.338 e. The van der Waals surface area contributed by atoms with Crippen molar-refractivity contribution in [3.8, 4) is 0 Å². The Morgan fingerprint density at radius 2 is 1.90 bits per heavy atom. The van der Waals surface area contributed by atoms with Crippen LogP contribution in [0.4, 0.5) is 0 Å². The molecule has 1 saturated heterocycles. The van der Waals surface area contributed by atoms with Gasteiger partial charge in [-0.2, -0.15) is 0 Å². The normalized spacial score (nSPS) is 18.5. The summed E-state index contributed by atoms with van der Waals surface area (Å²) >= 11 is 0. The van der Waals surface area contributed by atoms with Crippen molar-refractivity contribution >= 4 is 11.8 Å². The van der Waals surface area contributed by atoms with Crippen LogP contribution in [0.15, 0.2) is 24.3 Å². The van der Waals surface area contributed by atoms with Crippen molar-refractivity contribution in [3.05, 3.63) is 57.9 Å². The van der Waals surface area contributed by atoms with E-state index in [4.69, 9.17) is 9.47 Å². The van der Waals surface area contributed by atoms with Crippen LogP contribution >= 0.6 is 0 Å². The summed E-state index contributed by atoms with van der Waals surface area (Å²) < 4.78 is 13.2. The van der Waals surface area contributed by atoms with Crippen molar-refractivity contribution in [2.45, 2.75) is 65.0 Å². The number of nitrogens with zero attached hydrogens (tertiary/aromatic N) is 1. The van der Waals surface area contributed by atoms with Crippen molar-refractivity contribution in [1.29, 1.82) is 0 Å². The van der Waals surface area contributed by atoms with Crippen molar-refractivity contribution in [2.24, 2.45) is 0 Å². The van der Waals surface area contributed by atoms with E-state index in [1.165, 1.54) is 17.5 Å². The molecule has 29 heavy (non-hydrogen) atoms. The van der Waals surface area contributed by atoms with E-state index in [-0.39, 0.29) is 18.5 Å². The van der Waals surface area contributed by atoms with Gasteiger partial charge in [0.2, 0.25) is 5.78 Å². The molecule has 0 radical (unpaired) electrons. The number of hydrogen-bond donors (Lipinski definition) is 0. The van der Waals surface area contributed by atoms with Gasteiger partial charge in [-0.05, 0) is 81.7 Å². The average molecular weight is 395 g/mol. The minimum Gasteiger partial charge on any atom is -0.454 e. The predicted molar refractivity (Wildman–Crippen MR) is 111 cm³/mol. The number of hydrogen-bond acceptors (Lipinski definition) is 4. The molecule has 2 heterocycles. The molecule has 154 valence electrons. The Morgan fingerprint density at radius 1 is 1.10 bits per heavy atom. The molecule has 5 heteroatoms. The molecule has 0 saturated carbocycles. The fourth-order valence-corrected chi connectivity index (χ4v) is 4.51. The number of aryl methyl sites for hydroxylation is 3. The SMILES string of the molecule is Cc1cc(C(=O)COC(=O)c2ccc3c(c2)CCCC3)c(C)n1C[C@@H]1CCCO1. The average Bonchev–Trinajstić information content (AvgIpc) is 3.35. The number of fused-ring (bicyclic) bond motifs is 1. The molecule has 0 unspecified atom stereocenters. The smallest absolute Gasteiger partial charge is 0.338 e. The lowest BCUT2D eigenvalue weighted by atomic mass is 9.90. The molecular weight excluding hydrogens is 366 g/mol. The van der Waals surface area contributed by atoms with E-state index in [1.807, 2.05) is 38.1 Å². The third-order valence-electron chi connectivity index (χ3n) is 6.20. The molecule has 5 nitrogen and oxygen atoms in total. The van der Waals surface area contributed by atoms with Crippen LogP contribution in [0, 0.1) is 13.8 Å². The van der Waals surface area contributed by atoms with Crippen LogP contribution in [0.25, 0.3) is 0 Å². The van der Waals surface area contributed by atoms with E-state index in [2.05, 4.69) is 4.57 Å². The van der Waals surface area contributed by atoms with Crippen LogP contribution in [0.3, 0.4) is 0 Å². The Hall–Kier alpha value is -2.40. The van der Waals surface area contributed by atoms with E-state index < -0.39 is 5.97 Å². The van der Waals surface area contributed by atoms with E-state index in [1.54, 1.807) is 0 Å². The molecule has 1 aliphatic carbocycles. The lowest BCUT2D eigenvalue weighted by Gasteiger charge is -2.16. The Balaban J connectivity index is 1.40. The highest BCUT2D eigenvalue weighted by Gasteiger charge is 2.22. The molecule has 0 bridgehead atoms. The Morgan fingerprint density at radius 3 is 2.66 bits per heavy atom. The van der Waals surface area contributed by atoms with E-state index >= 15 is 0 Å². The molecule has 1 atom stereocenters. The molecule has 0 N–H and O–H groups in total. The summed E-state index contributed by atoms with van der Waals surface area (Å²) in [7, 11) is 0. The van der Waals surface area contributed by atoms with Gasteiger partial charge in [-0.3, -0.25) is 4.79 Å². The van der Waals surface area contributed by atoms with E-state index in [9.17, 15) is 9.59 Å². The third kappa shape index (κ3) is 4.30. The number of rotatable bonds is 6. The second-order valence-electron chi connectivity index (χ2n) is 8.22. The standard InChI is InChI=1S/C24H29NO4/c1-16-12-22(17(2)25(16)14-21-8-5-11-28-21)23(26)15-29-24(27)20-10-9-18-6-3-4-7-19(18)13-20/h9-10,12-13,21H,3-8,11,14-15H2,1-2H3/t21-/m0/s1. The largest absolute Gasteiger partial charge is 0.454 e. The summed E-state index contributed by atoms with van der Waals surface area (Å²) in [5.41, 5.74) is 5.65. The molecule has 0 amide bonds. The Bertz CT molecular complexity index is 921. The Kier molecular flexibility index (Phi) is 5.86. The van der Waals surface area contributed by atoms with Crippen LogP contribution in [0.1, 0.15) is 68.9 Å². The second kappa shape index (κ2) is 8.54. The maximum atomic E-state index is 12.7. The van der Waals surface area contributed by atoms with Gasteiger partial charge in [0.25, 0.3) is 0 Å². The molecule has 1 aromatic heterocycles. The predicted octanol–water partition coefficient (Wildman–Crippen LogP) is 4.20. The molecule has 1 aromatic carbocycles. The number of Topliss-reactive ketones (excluding diaryl/α,β-unsaturated/α-hetero) is 1. The number of ether oxygens (including phenoxy) is 2. The van der Waals surface area contributed by atoms with Gasteiger partial charge in [0.1, 0.15) is 0 Å². The first-order valence-electron chi connectivity index (χ1n) is 10.6. The number of carbonyl (C=O) groups excluding carboxylic acids is 2. The fourth-order valence-electron chi connectivity index (χ4n) is 4.51. The minimum atomic E-state index is -0.431. The number of aromatic nitrogens is 1. The van der Waals surface area contributed by atoms with Gasteiger partial charge < -0.3 is 14.0 Å². The van der Waals surface area contributed by atoms with Crippen LogP contribution in [0.2, 0.25) is 0 Å². The van der Waals surface area contributed by atoms with Crippen LogP contribution in [-0.2, 0) is 28.9 Å². The summed E-state index contributed by atoms with van der Waals surface area (Å²) in [6.07, 6.45) is 6.80. The Labute approximate surface area is 172 Å². The number of carbonyl (C=O) groups is 2. The fraction of sp³-hybridized carbons (Fsp3) is 0.500. The molecule has 1 aliphatic heterocycles. The van der Waals surface area contributed by atoms with E-state index in [0.717, 1.165) is 56.6 Å². The summed E-state index contributed by atoms with van der Waals surface area (Å²) in [5, 5.41) is 0. The lowest BCUT2D eigenvalue weighted by molar-refractivity contribution is 0.0474. The van der Waals surface area contributed by atoms with Gasteiger partial charge in [0.05, 0.1) is 11.7 Å². The zero-order valence-corrected chi connectivity index (χ0v) is 17.3. The summed E-state index contributed by atoms with van der Waals surface area (Å²) in [6, 6.07) is 7.64. The summed E-state index contributed by atoms with van der Waals surface area (Å²) in [6.45, 7) is 5.28. The number of ketones is 1. The highest BCUT2D eigenvalue weighted by Crippen LogP contribution is 2.23. The summed E-state index contributed by atoms with van der Waals surface area (Å²) in [4.78, 5) is 25.2. The highest BCUT2D eigenvalue weighted by molar-refractivity contribution is 6.00. The van der Waals surface area contributed by atoms with Crippen molar-refractivity contribution in [2.75, 3.05) is 13.2 Å². The second-order valence-corrected chi connectivity index (χ2v) is 8.22. The third-order valence-corrected chi connectivity index (χ3v) is 6.20. The topological polar surface area (TPSA) is 57.5 Å². The van der Waals surface area contributed by atoms with Gasteiger partial charge in [-0.15, -0.1) is 0 Å². The number of esters is 1. The highest BCUT2D eigenvalue weighted by atomic mass is 16.5. The van der Waals surface area contributed by atoms with Crippen molar-refractivity contribution in [3.63, 3.8) is 0 Å².